The minimum absolute atomic E-state index is 0.0950. The first-order chi connectivity index (χ1) is 10.1. The van der Waals surface area contributed by atoms with Crippen LogP contribution in [0.5, 0.6) is 0 Å². The normalized spacial score (nSPS) is 13.3. The predicted octanol–water partition coefficient (Wildman–Crippen LogP) is 3.59. The number of nitrogens with one attached hydrogen (secondary N) is 2. The highest BCUT2D eigenvalue weighted by Gasteiger charge is 2.16. The van der Waals surface area contributed by atoms with Crippen molar-refractivity contribution >= 4 is 22.9 Å². The summed E-state index contributed by atoms with van der Waals surface area (Å²) in [5.74, 6) is -0.0950. The van der Waals surface area contributed by atoms with E-state index in [9.17, 15) is 4.79 Å². The van der Waals surface area contributed by atoms with Crippen LogP contribution in [0.15, 0.2) is 35.7 Å². The van der Waals surface area contributed by atoms with E-state index in [0.717, 1.165) is 18.5 Å². The van der Waals surface area contributed by atoms with E-state index < -0.39 is 0 Å². The fraction of sp³-hybridized carbons (Fsp3) is 0.235. The molecular formula is C17H18N2OS. The van der Waals surface area contributed by atoms with Crippen molar-refractivity contribution in [3.05, 3.63) is 62.9 Å². The zero-order valence-electron chi connectivity index (χ0n) is 12.2. The number of rotatable bonds is 3. The van der Waals surface area contributed by atoms with Gasteiger partial charge in [0.05, 0.1) is 10.6 Å². The second-order valence-corrected chi connectivity index (χ2v) is 6.27. The number of carbonyl (C=O) groups excluding carboxylic acids is 1. The van der Waals surface area contributed by atoms with Gasteiger partial charge in [0.1, 0.15) is 0 Å². The lowest BCUT2D eigenvalue weighted by Crippen LogP contribution is -2.36. The van der Waals surface area contributed by atoms with Gasteiger partial charge in [-0.3, -0.25) is 15.6 Å². The maximum Gasteiger partial charge on any atom is 0.279 e. The van der Waals surface area contributed by atoms with Crippen LogP contribution in [0.2, 0.25) is 0 Å². The summed E-state index contributed by atoms with van der Waals surface area (Å²) >= 11 is 1.44. The van der Waals surface area contributed by atoms with E-state index in [2.05, 4.69) is 42.9 Å². The number of carbonyl (C=O) groups is 1. The molecule has 0 radical (unpaired) electrons. The zero-order chi connectivity index (χ0) is 14.8. The van der Waals surface area contributed by atoms with Crippen LogP contribution in [0.1, 0.15) is 38.3 Å². The third kappa shape index (κ3) is 2.85. The van der Waals surface area contributed by atoms with Crippen molar-refractivity contribution in [1.29, 1.82) is 0 Å². The molecule has 0 aliphatic heterocycles. The number of fused-ring (bicyclic) bond motifs is 1. The van der Waals surface area contributed by atoms with E-state index >= 15 is 0 Å². The van der Waals surface area contributed by atoms with E-state index in [-0.39, 0.29) is 5.91 Å². The first-order valence-electron chi connectivity index (χ1n) is 7.05. The number of benzene rings is 1. The monoisotopic (exact) mass is 298 g/mol. The molecule has 0 unspecified atom stereocenters. The summed E-state index contributed by atoms with van der Waals surface area (Å²) in [7, 11) is 0. The number of hydrogen-bond donors (Lipinski definition) is 2. The minimum Gasteiger partial charge on any atom is -0.298 e. The molecule has 0 saturated carbocycles. The molecule has 1 aromatic heterocycles. The van der Waals surface area contributed by atoms with Gasteiger partial charge < -0.3 is 0 Å². The number of hydrazine groups is 1. The molecule has 0 bridgehead atoms. The smallest absolute Gasteiger partial charge is 0.279 e. The lowest BCUT2D eigenvalue weighted by molar-refractivity contribution is 0.0946. The molecule has 1 aliphatic carbocycles. The molecule has 2 N–H and O–H groups in total. The van der Waals surface area contributed by atoms with Gasteiger partial charge in [0, 0.05) is 5.56 Å². The van der Waals surface area contributed by atoms with Gasteiger partial charge in [-0.25, -0.2) is 0 Å². The molecule has 3 nitrogen and oxygen atoms in total. The molecule has 0 fully saturated rings. The van der Waals surface area contributed by atoms with Crippen molar-refractivity contribution in [3.8, 4) is 0 Å². The SMILES string of the molecule is Cc1cc(C)c2c(c1)C(NNC(=O)c1cccs1)=CCC2. The Labute approximate surface area is 128 Å². The van der Waals surface area contributed by atoms with Crippen LogP contribution in [0, 0.1) is 13.8 Å². The van der Waals surface area contributed by atoms with Gasteiger partial charge in [-0.2, -0.15) is 0 Å². The molecule has 0 saturated heterocycles. The standard InChI is InChI=1S/C17H18N2OS/c1-11-9-12(2)13-5-3-6-15(14(13)10-11)18-19-17(20)16-7-4-8-21-16/h4,6-10,18H,3,5H2,1-2H3,(H,19,20). The van der Waals surface area contributed by atoms with E-state index in [1.807, 2.05) is 17.5 Å². The molecule has 2 aromatic rings. The quantitative estimate of drug-likeness (QED) is 0.850. The zero-order valence-corrected chi connectivity index (χ0v) is 13.0. The topological polar surface area (TPSA) is 41.1 Å². The lowest BCUT2D eigenvalue weighted by atomic mass is 9.89. The third-order valence-electron chi connectivity index (χ3n) is 3.71. The molecule has 0 spiro atoms. The predicted molar refractivity (Wildman–Crippen MR) is 87.1 cm³/mol. The fourth-order valence-corrected chi connectivity index (χ4v) is 3.37. The average molecular weight is 298 g/mol. The Hall–Kier alpha value is -2.07. The van der Waals surface area contributed by atoms with Crippen molar-refractivity contribution in [2.75, 3.05) is 0 Å². The van der Waals surface area contributed by atoms with E-state index in [0.29, 0.717) is 4.88 Å². The summed E-state index contributed by atoms with van der Waals surface area (Å²) in [4.78, 5) is 12.7. The highest BCUT2D eigenvalue weighted by atomic mass is 32.1. The minimum atomic E-state index is -0.0950. The molecule has 1 aromatic carbocycles. The molecule has 3 rings (SSSR count). The summed E-state index contributed by atoms with van der Waals surface area (Å²) in [6, 6.07) is 8.09. The second kappa shape index (κ2) is 5.74. The molecule has 1 heterocycles. The average Bonchev–Trinajstić information content (AvgIpc) is 2.99. The first-order valence-corrected chi connectivity index (χ1v) is 7.93. The Kier molecular flexibility index (Phi) is 3.80. The van der Waals surface area contributed by atoms with E-state index in [4.69, 9.17) is 0 Å². The van der Waals surface area contributed by atoms with E-state index in [1.54, 1.807) is 0 Å². The van der Waals surface area contributed by atoms with Crippen molar-refractivity contribution in [3.63, 3.8) is 0 Å². The molecule has 1 aliphatic rings. The summed E-state index contributed by atoms with van der Waals surface area (Å²) < 4.78 is 0. The Balaban J connectivity index is 1.79. The molecule has 108 valence electrons. The van der Waals surface area contributed by atoms with Crippen molar-refractivity contribution < 1.29 is 4.79 Å². The number of hydrogen-bond acceptors (Lipinski definition) is 3. The highest BCUT2D eigenvalue weighted by Crippen LogP contribution is 2.28. The Morgan fingerprint density at radius 3 is 2.90 bits per heavy atom. The highest BCUT2D eigenvalue weighted by molar-refractivity contribution is 7.12. The third-order valence-corrected chi connectivity index (χ3v) is 4.57. The number of thiophene rings is 1. The Morgan fingerprint density at radius 2 is 2.14 bits per heavy atom. The van der Waals surface area contributed by atoms with Crippen LogP contribution >= 0.6 is 11.3 Å². The summed E-state index contributed by atoms with van der Waals surface area (Å²) in [5, 5.41) is 1.90. The van der Waals surface area contributed by atoms with Crippen molar-refractivity contribution in [2.24, 2.45) is 0 Å². The van der Waals surface area contributed by atoms with Gasteiger partial charge in [0.25, 0.3) is 5.91 Å². The summed E-state index contributed by atoms with van der Waals surface area (Å²) in [6.45, 7) is 4.25. The van der Waals surface area contributed by atoms with Crippen LogP contribution in [0.3, 0.4) is 0 Å². The maximum absolute atomic E-state index is 12.0. The van der Waals surface area contributed by atoms with Crippen LogP contribution < -0.4 is 10.9 Å². The van der Waals surface area contributed by atoms with Gasteiger partial charge in [-0.05, 0) is 55.3 Å². The van der Waals surface area contributed by atoms with Crippen molar-refractivity contribution in [2.45, 2.75) is 26.7 Å². The van der Waals surface area contributed by atoms with Crippen molar-refractivity contribution in [1.82, 2.24) is 10.9 Å². The largest absolute Gasteiger partial charge is 0.298 e. The van der Waals surface area contributed by atoms with Gasteiger partial charge in [-0.1, -0.05) is 23.8 Å². The Bertz CT molecular complexity index is 702. The maximum atomic E-state index is 12.0. The number of allylic oxidation sites excluding steroid dienone is 1. The first kappa shape index (κ1) is 13.9. The Morgan fingerprint density at radius 1 is 1.29 bits per heavy atom. The van der Waals surface area contributed by atoms with Gasteiger partial charge >= 0.3 is 0 Å². The van der Waals surface area contributed by atoms with Crippen LogP contribution in [-0.4, -0.2) is 5.91 Å². The van der Waals surface area contributed by atoms with E-state index in [1.165, 1.54) is 33.6 Å². The van der Waals surface area contributed by atoms with Gasteiger partial charge in [0.15, 0.2) is 0 Å². The molecule has 21 heavy (non-hydrogen) atoms. The molecule has 4 heteroatoms. The molecule has 0 atom stereocenters. The van der Waals surface area contributed by atoms with Crippen LogP contribution in [-0.2, 0) is 6.42 Å². The number of amides is 1. The number of aryl methyl sites for hydroxylation is 2. The van der Waals surface area contributed by atoms with Gasteiger partial charge in [-0.15, -0.1) is 11.3 Å². The molecule has 1 amide bonds. The lowest BCUT2D eigenvalue weighted by Gasteiger charge is -2.22. The van der Waals surface area contributed by atoms with Crippen LogP contribution in [0.4, 0.5) is 0 Å². The van der Waals surface area contributed by atoms with Gasteiger partial charge in [0.2, 0.25) is 0 Å². The van der Waals surface area contributed by atoms with Crippen LogP contribution in [0.25, 0.3) is 5.70 Å². The summed E-state index contributed by atoms with van der Waals surface area (Å²) in [6.07, 6.45) is 4.20. The molecular weight excluding hydrogens is 280 g/mol. The second-order valence-electron chi connectivity index (χ2n) is 5.32. The fourth-order valence-electron chi connectivity index (χ4n) is 2.75. The summed E-state index contributed by atoms with van der Waals surface area (Å²) in [5.41, 5.74) is 12.0.